The second-order valence-electron chi connectivity index (χ2n) is 6.34. The van der Waals surface area contributed by atoms with Crippen LogP contribution in [0.2, 0.25) is 0 Å². The molecule has 2 aromatic rings. The van der Waals surface area contributed by atoms with E-state index < -0.39 is 38.8 Å². The number of nitrogens with one attached hydrogen (secondary N) is 1. The van der Waals surface area contributed by atoms with Crippen molar-refractivity contribution in [3.63, 3.8) is 0 Å². The number of phenolic OH excluding ortho intramolecular Hbond substituents is 1. The summed E-state index contributed by atoms with van der Waals surface area (Å²) < 4.78 is 32.6. The Morgan fingerprint density at radius 3 is 2.62 bits per heavy atom. The number of ether oxygens (including phenoxy) is 1. The van der Waals surface area contributed by atoms with Gasteiger partial charge in [0.15, 0.2) is 17.3 Å². The molecule has 5 N–H and O–H groups in total. The largest absolute Gasteiger partial charge is 0.504 e. The van der Waals surface area contributed by atoms with Gasteiger partial charge in [-0.15, -0.1) is 0 Å². The van der Waals surface area contributed by atoms with Gasteiger partial charge in [0.1, 0.15) is 5.76 Å². The summed E-state index contributed by atoms with van der Waals surface area (Å²) in [5.74, 6) is -2.48. The van der Waals surface area contributed by atoms with Gasteiger partial charge < -0.3 is 24.7 Å². The number of aromatic hydroxyl groups is 2. The fourth-order valence-corrected chi connectivity index (χ4v) is 3.11. The van der Waals surface area contributed by atoms with E-state index in [1.165, 1.54) is 32.2 Å². The van der Waals surface area contributed by atoms with E-state index in [1.54, 1.807) is 0 Å². The number of amides is 1. The lowest BCUT2D eigenvalue weighted by molar-refractivity contribution is -0.121. The van der Waals surface area contributed by atoms with Gasteiger partial charge in [0.05, 0.1) is 18.8 Å². The van der Waals surface area contributed by atoms with Crippen LogP contribution in [0.15, 0.2) is 33.5 Å². The van der Waals surface area contributed by atoms with Gasteiger partial charge in [0, 0.05) is 19.0 Å². The lowest BCUT2D eigenvalue weighted by Crippen LogP contribution is -2.32. The molecular formula is C18H22N2O8S. The van der Waals surface area contributed by atoms with Crippen LogP contribution in [0.25, 0.3) is 0 Å². The number of sulfonamides is 1. The number of aryl methyl sites for hydroxylation is 1. The van der Waals surface area contributed by atoms with E-state index in [2.05, 4.69) is 5.32 Å². The topological polar surface area (TPSA) is 169 Å². The molecule has 1 atom stereocenters. The van der Waals surface area contributed by atoms with E-state index in [1.807, 2.05) is 0 Å². The maximum absolute atomic E-state index is 12.4. The summed E-state index contributed by atoms with van der Waals surface area (Å²) in [5.41, 5.74) is -0.251. The van der Waals surface area contributed by atoms with Gasteiger partial charge in [-0.3, -0.25) is 9.59 Å². The number of carbonyl (C=O) groups excluding carboxylic acids is 1. The summed E-state index contributed by atoms with van der Waals surface area (Å²) in [5, 5.41) is 27.3. The minimum absolute atomic E-state index is 0.122. The van der Waals surface area contributed by atoms with Crippen LogP contribution in [-0.2, 0) is 14.8 Å². The van der Waals surface area contributed by atoms with E-state index in [-0.39, 0.29) is 36.0 Å². The second-order valence-corrected chi connectivity index (χ2v) is 8.07. The molecule has 1 aromatic carbocycles. The molecule has 0 fully saturated rings. The van der Waals surface area contributed by atoms with Crippen molar-refractivity contribution in [2.75, 3.05) is 19.4 Å². The first kappa shape index (κ1) is 22.2. The predicted octanol–water partition coefficient (Wildman–Crippen LogP) is 0.295. The monoisotopic (exact) mass is 426 g/mol. The highest BCUT2D eigenvalue weighted by Crippen LogP contribution is 2.37. The molecule has 0 aliphatic rings. The molecule has 0 saturated heterocycles. The number of nitrogens with two attached hydrogens (primary N) is 1. The first-order valence-electron chi connectivity index (χ1n) is 8.49. The number of primary sulfonamides is 1. The third kappa shape index (κ3) is 5.96. The Morgan fingerprint density at radius 1 is 1.31 bits per heavy atom. The Hall–Kier alpha value is -3.05. The highest BCUT2D eigenvalue weighted by atomic mass is 32.2. The maximum atomic E-state index is 12.4. The maximum Gasteiger partial charge on any atom is 0.227 e. The van der Waals surface area contributed by atoms with Crippen LogP contribution in [0, 0.1) is 6.92 Å². The van der Waals surface area contributed by atoms with Crippen molar-refractivity contribution >= 4 is 15.9 Å². The average Bonchev–Trinajstić information content (AvgIpc) is 2.62. The minimum atomic E-state index is -3.74. The zero-order valence-electron chi connectivity index (χ0n) is 15.8. The fraction of sp³-hybridized carbons (Fsp3) is 0.333. The molecule has 158 valence electrons. The normalized spacial score (nSPS) is 12.4. The van der Waals surface area contributed by atoms with Crippen LogP contribution >= 0.6 is 0 Å². The number of hydrogen-bond donors (Lipinski definition) is 4. The van der Waals surface area contributed by atoms with Crippen LogP contribution in [0.1, 0.15) is 29.4 Å². The molecule has 0 aliphatic carbocycles. The number of methoxy groups -OCH3 is 1. The van der Waals surface area contributed by atoms with E-state index in [0.717, 1.165) is 6.07 Å². The molecule has 1 aromatic heterocycles. The molecule has 0 bridgehead atoms. The van der Waals surface area contributed by atoms with Gasteiger partial charge in [-0.1, -0.05) is 6.07 Å². The summed E-state index contributed by atoms with van der Waals surface area (Å²) >= 11 is 0. The molecule has 1 heterocycles. The Morgan fingerprint density at radius 2 is 2.00 bits per heavy atom. The third-order valence-corrected chi connectivity index (χ3v) is 4.87. The zero-order chi connectivity index (χ0) is 21.8. The van der Waals surface area contributed by atoms with E-state index in [0.29, 0.717) is 5.56 Å². The zero-order valence-corrected chi connectivity index (χ0v) is 16.7. The summed E-state index contributed by atoms with van der Waals surface area (Å²) in [7, 11) is -2.40. The van der Waals surface area contributed by atoms with Crippen molar-refractivity contribution in [1.29, 1.82) is 0 Å². The van der Waals surface area contributed by atoms with Crippen molar-refractivity contribution < 1.29 is 32.6 Å². The lowest BCUT2D eigenvalue weighted by Gasteiger charge is -2.19. The summed E-state index contributed by atoms with van der Waals surface area (Å²) in [6.45, 7) is 1.32. The number of benzene rings is 1. The predicted molar refractivity (Wildman–Crippen MR) is 103 cm³/mol. The highest BCUT2D eigenvalue weighted by molar-refractivity contribution is 7.89. The first-order chi connectivity index (χ1) is 13.5. The molecule has 0 radical (unpaired) electrons. The Balaban J connectivity index is 2.42. The van der Waals surface area contributed by atoms with Crippen molar-refractivity contribution in [2.24, 2.45) is 5.14 Å². The molecule has 2 rings (SSSR count). The molecule has 0 aliphatic heterocycles. The van der Waals surface area contributed by atoms with Crippen LogP contribution in [0.3, 0.4) is 0 Å². The van der Waals surface area contributed by atoms with Gasteiger partial charge in [0.2, 0.25) is 27.1 Å². The van der Waals surface area contributed by atoms with Crippen LogP contribution in [0.4, 0.5) is 0 Å². The van der Waals surface area contributed by atoms with Gasteiger partial charge in [-0.2, -0.15) is 0 Å². The molecule has 0 spiro atoms. The van der Waals surface area contributed by atoms with Crippen molar-refractivity contribution in [1.82, 2.24) is 5.32 Å². The lowest BCUT2D eigenvalue weighted by atomic mass is 9.91. The SMILES string of the molecule is COc1cc([C@@H](CC(=O)NCCS(N)(=O)=O)c2oc(C)cc(=O)c2O)ccc1O. The third-order valence-electron chi connectivity index (χ3n) is 4.09. The van der Waals surface area contributed by atoms with Crippen LogP contribution in [-0.4, -0.2) is 43.9 Å². The summed E-state index contributed by atoms with van der Waals surface area (Å²) in [6.07, 6.45) is -0.279. The smallest absolute Gasteiger partial charge is 0.227 e. The Bertz CT molecular complexity index is 1060. The molecule has 1 amide bonds. The fourth-order valence-electron chi connectivity index (χ4n) is 2.72. The van der Waals surface area contributed by atoms with Gasteiger partial charge >= 0.3 is 0 Å². The summed E-state index contributed by atoms with van der Waals surface area (Å²) in [4.78, 5) is 24.3. The molecule has 0 unspecified atom stereocenters. The van der Waals surface area contributed by atoms with Crippen molar-refractivity contribution in [3.05, 3.63) is 51.6 Å². The minimum Gasteiger partial charge on any atom is -0.504 e. The van der Waals surface area contributed by atoms with E-state index >= 15 is 0 Å². The van der Waals surface area contributed by atoms with E-state index in [9.17, 15) is 28.2 Å². The second kappa shape index (κ2) is 8.97. The van der Waals surface area contributed by atoms with Gasteiger partial charge in [-0.05, 0) is 24.6 Å². The van der Waals surface area contributed by atoms with Crippen molar-refractivity contribution in [2.45, 2.75) is 19.3 Å². The van der Waals surface area contributed by atoms with E-state index in [4.69, 9.17) is 14.3 Å². The van der Waals surface area contributed by atoms with Gasteiger partial charge in [-0.25, -0.2) is 13.6 Å². The Labute approximate surface area is 167 Å². The van der Waals surface area contributed by atoms with Crippen LogP contribution < -0.4 is 20.6 Å². The van der Waals surface area contributed by atoms with Crippen molar-refractivity contribution in [3.8, 4) is 17.2 Å². The number of phenols is 1. The quantitative estimate of drug-likeness (QED) is 0.467. The average molecular weight is 426 g/mol. The first-order valence-corrected chi connectivity index (χ1v) is 10.2. The molecule has 11 heteroatoms. The van der Waals surface area contributed by atoms with Gasteiger partial charge in [0.25, 0.3) is 0 Å². The molecule has 0 saturated carbocycles. The number of hydrogen-bond acceptors (Lipinski definition) is 8. The van der Waals surface area contributed by atoms with Crippen LogP contribution in [0.5, 0.6) is 17.2 Å². The number of carbonyl (C=O) groups is 1. The Kier molecular flexibility index (Phi) is 6.88. The molecule has 10 nitrogen and oxygen atoms in total. The summed E-state index contributed by atoms with van der Waals surface area (Å²) in [6, 6.07) is 5.38. The number of rotatable bonds is 8. The molecule has 29 heavy (non-hydrogen) atoms. The standard InChI is InChI=1S/C18H22N2O8S/c1-10-7-14(22)17(24)18(28-10)12(9-16(23)20-5-6-29(19,25)26)11-3-4-13(21)15(8-11)27-2/h3-4,7-8,12,21,24H,5-6,9H2,1-2H3,(H,20,23)(H2,19,25,26)/t12-/m1/s1. The molecular weight excluding hydrogens is 404 g/mol. The highest BCUT2D eigenvalue weighted by Gasteiger charge is 2.26.